The van der Waals surface area contributed by atoms with Gasteiger partial charge in [-0.3, -0.25) is 0 Å². The van der Waals surface area contributed by atoms with E-state index in [-0.39, 0.29) is 12.4 Å². The van der Waals surface area contributed by atoms with Crippen LogP contribution in [0.25, 0.3) is 0 Å². The molecule has 2 aliphatic rings. The molecule has 2 saturated heterocycles. The molecule has 1 N–H and O–H groups in total. The van der Waals surface area contributed by atoms with E-state index in [1.807, 2.05) is 0 Å². The van der Waals surface area contributed by atoms with Gasteiger partial charge in [0, 0.05) is 19.6 Å². The number of hydrogen-bond donors (Lipinski definition) is 1. The monoisotopic (exact) mass is 294 g/mol. The fourth-order valence-electron chi connectivity index (χ4n) is 3.71. The Morgan fingerprint density at radius 3 is 2.80 bits per heavy atom. The minimum Gasteiger partial charge on any atom is -0.316 e. The lowest BCUT2D eigenvalue weighted by Crippen LogP contribution is -2.36. The number of nitrogens with one attached hydrogen (secondary N) is 1. The Hall–Kier alpha value is -0.570. The van der Waals surface area contributed by atoms with Crippen molar-refractivity contribution in [1.82, 2.24) is 10.2 Å². The summed E-state index contributed by atoms with van der Waals surface area (Å²) < 4.78 is 0. The van der Waals surface area contributed by atoms with Crippen molar-refractivity contribution >= 4 is 12.4 Å². The molecule has 3 rings (SSSR count). The Morgan fingerprint density at radius 1 is 1.30 bits per heavy atom. The quantitative estimate of drug-likeness (QED) is 0.918. The molecule has 0 radical (unpaired) electrons. The summed E-state index contributed by atoms with van der Waals surface area (Å²) in [4.78, 5) is 2.70. The van der Waals surface area contributed by atoms with Crippen molar-refractivity contribution in [2.45, 2.75) is 26.2 Å². The predicted octanol–water partition coefficient (Wildman–Crippen LogP) is 2.97. The number of hydrogen-bond acceptors (Lipinski definition) is 2. The summed E-state index contributed by atoms with van der Waals surface area (Å²) in [6.45, 7) is 8.73. The van der Waals surface area contributed by atoms with Crippen LogP contribution in [-0.2, 0) is 6.42 Å². The summed E-state index contributed by atoms with van der Waals surface area (Å²) in [5.74, 6) is 0.861. The summed E-state index contributed by atoms with van der Waals surface area (Å²) in [5, 5.41) is 3.51. The van der Waals surface area contributed by atoms with Crippen molar-refractivity contribution in [3.63, 3.8) is 0 Å². The third kappa shape index (κ3) is 3.97. The molecule has 0 amide bonds. The van der Waals surface area contributed by atoms with E-state index in [9.17, 15) is 0 Å². The second-order valence-electron chi connectivity index (χ2n) is 6.82. The first kappa shape index (κ1) is 15.8. The van der Waals surface area contributed by atoms with Gasteiger partial charge in [-0.2, -0.15) is 0 Å². The minimum absolute atomic E-state index is 0. The predicted molar refractivity (Wildman–Crippen MR) is 87.5 cm³/mol. The molecule has 112 valence electrons. The highest BCUT2D eigenvalue weighted by Crippen LogP contribution is 2.29. The molecule has 1 aromatic carbocycles. The molecule has 2 fully saturated rings. The average Bonchev–Trinajstić information content (AvgIpc) is 3.01. The van der Waals surface area contributed by atoms with Gasteiger partial charge in [0.15, 0.2) is 0 Å². The van der Waals surface area contributed by atoms with Gasteiger partial charge in [-0.1, -0.05) is 37.3 Å². The second-order valence-corrected chi connectivity index (χ2v) is 6.82. The lowest BCUT2D eigenvalue weighted by molar-refractivity contribution is 0.203. The lowest BCUT2D eigenvalue weighted by atomic mass is 9.89. The molecule has 2 aliphatic heterocycles. The first-order chi connectivity index (χ1) is 9.23. The van der Waals surface area contributed by atoms with Crippen LogP contribution in [-0.4, -0.2) is 37.6 Å². The van der Waals surface area contributed by atoms with Crippen LogP contribution in [0.5, 0.6) is 0 Å². The number of halogens is 1. The largest absolute Gasteiger partial charge is 0.316 e. The van der Waals surface area contributed by atoms with Crippen molar-refractivity contribution in [3.8, 4) is 0 Å². The van der Waals surface area contributed by atoms with E-state index < -0.39 is 0 Å². The zero-order valence-electron chi connectivity index (χ0n) is 12.5. The maximum atomic E-state index is 3.51. The van der Waals surface area contributed by atoms with Gasteiger partial charge < -0.3 is 10.2 Å². The highest BCUT2D eigenvalue weighted by atomic mass is 35.5. The van der Waals surface area contributed by atoms with Crippen LogP contribution < -0.4 is 5.32 Å². The normalized spacial score (nSPS) is 30.4. The molecule has 20 heavy (non-hydrogen) atoms. The van der Waals surface area contributed by atoms with Crippen LogP contribution in [0, 0.1) is 11.3 Å². The number of benzene rings is 1. The zero-order chi connectivity index (χ0) is 13.1. The lowest BCUT2D eigenvalue weighted by Gasteiger charge is -2.29. The van der Waals surface area contributed by atoms with E-state index in [2.05, 4.69) is 47.5 Å². The second kappa shape index (κ2) is 6.93. The molecule has 0 aliphatic carbocycles. The van der Waals surface area contributed by atoms with Crippen LogP contribution in [0.15, 0.2) is 30.3 Å². The first-order valence-corrected chi connectivity index (χ1v) is 7.71. The van der Waals surface area contributed by atoms with Crippen molar-refractivity contribution in [2.24, 2.45) is 11.3 Å². The number of nitrogens with zero attached hydrogens (tertiary/aromatic N) is 1. The Labute approximate surface area is 129 Å². The van der Waals surface area contributed by atoms with Crippen LogP contribution in [0.1, 0.15) is 25.3 Å². The fraction of sp³-hybridized carbons (Fsp3) is 0.647. The molecule has 2 atom stereocenters. The van der Waals surface area contributed by atoms with E-state index in [0.717, 1.165) is 5.92 Å². The van der Waals surface area contributed by atoms with Gasteiger partial charge in [0.1, 0.15) is 0 Å². The Bertz CT molecular complexity index is 401. The summed E-state index contributed by atoms with van der Waals surface area (Å²) in [6.07, 6.45) is 3.97. The van der Waals surface area contributed by atoms with Gasteiger partial charge in [-0.15, -0.1) is 12.4 Å². The van der Waals surface area contributed by atoms with Gasteiger partial charge >= 0.3 is 0 Å². The van der Waals surface area contributed by atoms with Crippen LogP contribution in [0.3, 0.4) is 0 Å². The minimum atomic E-state index is 0. The van der Waals surface area contributed by atoms with E-state index in [4.69, 9.17) is 0 Å². The summed E-state index contributed by atoms with van der Waals surface area (Å²) >= 11 is 0. The molecule has 2 unspecified atom stereocenters. The molecule has 0 aromatic heterocycles. The molecular formula is C17H27ClN2. The smallest absolute Gasteiger partial charge is 0.00481 e. The highest BCUT2D eigenvalue weighted by Gasteiger charge is 2.33. The standard InChI is InChI=1S/C17H26N2.ClH/c1-17(8-9-18-13-17)14-19-10-7-16(12-19)11-15-5-3-2-4-6-15;/h2-6,16,18H,7-14H2,1H3;1H. The third-order valence-electron chi connectivity index (χ3n) is 4.80. The van der Waals surface area contributed by atoms with Crippen molar-refractivity contribution < 1.29 is 0 Å². The van der Waals surface area contributed by atoms with E-state index in [1.165, 1.54) is 57.5 Å². The topological polar surface area (TPSA) is 15.3 Å². The molecule has 2 heterocycles. The Kier molecular flexibility index (Phi) is 5.48. The molecule has 2 nitrogen and oxygen atoms in total. The fourth-order valence-corrected chi connectivity index (χ4v) is 3.71. The van der Waals surface area contributed by atoms with Gasteiger partial charge in [-0.05, 0) is 49.2 Å². The van der Waals surface area contributed by atoms with Gasteiger partial charge in [-0.25, -0.2) is 0 Å². The van der Waals surface area contributed by atoms with Crippen molar-refractivity contribution in [3.05, 3.63) is 35.9 Å². The summed E-state index contributed by atoms with van der Waals surface area (Å²) in [6, 6.07) is 11.0. The first-order valence-electron chi connectivity index (χ1n) is 7.71. The highest BCUT2D eigenvalue weighted by molar-refractivity contribution is 5.85. The maximum Gasteiger partial charge on any atom is 0.00481 e. The molecule has 0 saturated carbocycles. The average molecular weight is 295 g/mol. The molecule has 0 bridgehead atoms. The van der Waals surface area contributed by atoms with E-state index in [0.29, 0.717) is 5.41 Å². The van der Waals surface area contributed by atoms with Gasteiger partial charge in [0.05, 0.1) is 0 Å². The molecule has 0 spiro atoms. The van der Waals surface area contributed by atoms with Gasteiger partial charge in [0.2, 0.25) is 0 Å². The van der Waals surface area contributed by atoms with Crippen LogP contribution in [0.2, 0.25) is 0 Å². The third-order valence-corrected chi connectivity index (χ3v) is 4.80. The number of likely N-dealkylation sites (tertiary alicyclic amines) is 1. The summed E-state index contributed by atoms with van der Waals surface area (Å²) in [7, 11) is 0. The zero-order valence-corrected chi connectivity index (χ0v) is 13.3. The van der Waals surface area contributed by atoms with Crippen molar-refractivity contribution in [2.75, 3.05) is 32.7 Å². The molecule has 1 aromatic rings. The Morgan fingerprint density at radius 2 is 2.10 bits per heavy atom. The maximum absolute atomic E-state index is 3.51. The van der Waals surface area contributed by atoms with Crippen LogP contribution in [0.4, 0.5) is 0 Å². The van der Waals surface area contributed by atoms with Crippen molar-refractivity contribution in [1.29, 1.82) is 0 Å². The van der Waals surface area contributed by atoms with E-state index in [1.54, 1.807) is 0 Å². The number of rotatable bonds is 4. The SMILES string of the molecule is CC1(CN2CCC(Cc3ccccc3)C2)CCNC1.Cl. The van der Waals surface area contributed by atoms with E-state index >= 15 is 0 Å². The molecule has 3 heteroatoms. The molecular weight excluding hydrogens is 268 g/mol. The summed E-state index contributed by atoms with van der Waals surface area (Å²) in [5.41, 5.74) is 2.02. The van der Waals surface area contributed by atoms with Crippen LogP contribution >= 0.6 is 12.4 Å². The Balaban J connectivity index is 0.00000147. The van der Waals surface area contributed by atoms with Gasteiger partial charge in [0.25, 0.3) is 0 Å².